The van der Waals surface area contributed by atoms with Gasteiger partial charge < -0.3 is 10.2 Å². The topological polar surface area (TPSA) is 75.2 Å². The summed E-state index contributed by atoms with van der Waals surface area (Å²) in [6, 6.07) is 0.585. The Hall–Kier alpha value is -2.50. The van der Waals surface area contributed by atoms with E-state index < -0.39 is 0 Å². The Labute approximate surface area is 153 Å². The fraction of sp³-hybridized carbons (Fsp3) is 0.500. The molecule has 136 valence electrons. The first-order chi connectivity index (χ1) is 12.5. The SMILES string of the molecule is CC1=CC(C)=C(CNC(=O)c2ncnc(N3CC[C@H]4C[C@H]43)c2C)C(=O)C1. The van der Waals surface area contributed by atoms with Gasteiger partial charge in [0.05, 0.1) is 0 Å². The minimum Gasteiger partial charge on any atom is -0.353 e. The molecular weight excluding hydrogens is 328 g/mol. The molecule has 6 heteroatoms. The molecule has 1 amide bonds. The second-order valence-corrected chi connectivity index (χ2v) is 7.65. The van der Waals surface area contributed by atoms with Crippen molar-refractivity contribution in [1.82, 2.24) is 15.3 Å². The number of rotatable bonds is 4. The molecule has 1 saturated heterocycles. The number of nitrogens with one attached hydrogen (secondary N) is 1. The number of Topliss-reactive ketones (excluding diaryl/α,β-unsaturated/α-hetero) is 1. The van der Waals surface area contributed by atoms with Crippen LogP contribution in [0.2, 0.25) is 0 Å². The second-order valence-electron chi connectivity index (χ2n) is 7.65. The van der Waals surface area contributed by atoms with E-state index in [-0.39, 0.29) is 18.2 Å². The first-order valence-electron chi connectivity index (χ1n) is 9.22. The number of allylic oxidation sites excluding steroid dienone is 3. The molecule has 0 spiro atoms. The lowest BCUT2D eigenvalue weighted by molar-refractivity contribution is -0.115. The van der Waals surface area contributed by atoms with E-state index in [1.807, 2.05) is 26.8 Å². The number of hydrogen-bond acceptors (Lipinski definition) is 5. The molecule has 0 bridgehead atoms. The monoisotopic (exact) mass is 352 g/mol. The van der Waals surface area contributed by atoms with Gasteiger partial charge in [0.1, 0.15) is 17.8 Å². The lowest BCUT2D eigenvalue weighted by atomic mass is 9.92. The molecule has 6 nitrogen and oxygen atoms in total. The molecule has 0 aromatic carbocycles. The average molecular weight is 352 g/mol. The van der Waals surface area contributed by atoms with Gasteiger partial charge in [0.2, 0.25) is 0 Å². The maximum Gasteiger partial charge on any atom is 0.270 e. The summed E-state index contributed by atoms with van der Waals surface area (Å²) in [5.41, 5.74) is 3.87. The van der Waals surface area contributed by atoms with Gasteiger partial charge in [-0.15, -0.1) is 0 Å². The molecule has 4 rings (SSSR count). The van der Waals surface area contributed by atoms with E-state index >= 15 is 0 Å². The lowest BCUT2D eigenvalue weighted by Crippen LogP contribution is -2.31. The van der Waals surface area contributed by atoms with Crippen LogP contribution in [0.1, 0.15) is 49.2 Å². The van der Waals surface area contributed by atoms with Crippen molar-refractivity contribution in [2.24, 2.45) is 5.92 Å². The van der Waals surface area contributed by atoms with Crippen LogP contribution in [0.3, 0.4) is 0 Å². The molecule has 0 unspecified atom stereocenters. The molecule has 1 aliphatic heterocycles. The molecule has 1 saturated carbocycles. The van der Waals surface area contributed by atoms with Crippen LogP contribution in [0.4, 0.5) is 5.82 Å². The smallest absolute Gasteiger partial charge is 0.270 e. The van der Waals surface area contributed by atoms with Crippen LogP contribution in [-0.4, -0.2) is 40.8 Å². The van der Waals surface area contributed by atoms with Crippen molar-refractivity contribution in [1.29, 1.82) is 0 Å². The third-order valence-electron chi connectivity index (χ3n) is 5.71. The van der Waals surface area contributed by atoms with Gasteiger partial charge in [0.25, 0.3) is 5.91 Å². The summed E-state index contributed by atoms with van der Waals surface area (Å²) < 4.78 is 0. The Bertz CT molecular complexity index is 855. The van der Waals surface area contributed by atoms with E-state index in [1.54, 1.807) is 0 Å². The van der Waals surface area contributed by atoms with E-state index in [0.717, 1.165) is 35.0 Å². The maximum absolute atomic E-state index is 12.7. The normalized spacial score (nSPS) is 24.5. The molecule has 26 heavy (non-hydrogen) atoms. The number of anilines is 1. The number of fused-ring (bicyclic) bond motifs is 1. The number of hydrogen-bond donors (Lipinski definition) is 1. The third kappa shape index (κ3) is 2.93. The lowest BCUT2D eigenvalue weighted by Gasteiger charge is -2.22. The summed E-state index contributed by atoms with van der Waals surface area (Å²) in [6.07, 6.45) is 6.34. The highest BCUT2D eigenvalue weighted by Gasteiger charge is 2.47. The van der Waals surface area contributed by atoms with E-state index in [2.05, 4.69) is 20.2 Å². The highest BCUT2D eigenvalue weighted by atomic mass is 16.2. The zero-order chi connectivity index (χ0) is 18.4. The van der Waals surface area contributed by atoms with Crippen LogP contribution in [0.25, 0.3) is 0 Å². The molecule has 2 fully saturated rings. The van der Waals surface area contributed by atoms with Gasteiger partial charge in [-0.05, 0) is 45.1 Å². The van der Waals surface area contributed by atoms with Crippen LogP contribution >= 0.6 is 0 Å². The van der Waals surface area contributed by atoms with Crippen LogP contribution in [0.5, 0.6) is 0 Å². The number of carbonyl (C=O) groups excluding carboxylic acids is 2. The molecule has 1 aromatic heterocycles. The Morgan fingerprint density at radius 1 is 1.31 bits per heavy atom. The summed E-state index contributed by atoms with van der Waals surface area (Å²) in [6.45, 7) is 7.00. The van der Waals surface area contributed by atoms with Crippen molar-refractivity contribution >= 4 is 17.5 Å². The molecule has 2 heterocycles. The molecule has 0 radical (unpaired) electrons. The fourth-order valence-electron chi connectivity index (χ4n) is 4.19. The Morgan fingerprint density at radius 3 is 2.77 bits per heavy atom. The first kappa shape index (κ1) is 16.9. The van der Waals surface area contributed by atoms with Crippen LogP contribution < -0.4 is 10.2 Å². The van der Waals surface area contributed by atoms with Gasteiger partial charge in [-0.25, -0.2) is 9.97 Å². The molecule has 1 aromatic rings. The highest BCUT2D eigenvalue weighted by molar-refractivity contribution is 6.01. The number of piperidine rings is 1. The summed E-state index contributed by atoms with van der Waals surface area (Å²) in [5.74, 6) is 1.50. The summed E-state index contributed by atoms with van der Waals surface area (Å²) in [5, 5.41) is 2.87. The zero-order valence-corrected chi connectivity index (χ0v) is 15.5. The van der Waals surface area contributed by atoms with E-state index in [9.17, 15) is 9.59 Å². The minimum absolute atomic E-state index is 0.0831. The molecule has 1 N–H and O–H groups in total. The van der Waals surface area contributed by atoms with Gasteiger partial charge in [-0.1, -0.05) is 11.6 Å². The number of carbonyl (C=O) groups is 2. The second kappa shape index (κ2) is 6.34. The number of ketones is 1. The van der Waals surface area contributed by atoms with E-state index in [4.69, 9.17) is 0 Å². The Morgan fingerprint density at radius 2 is 2.12 bits per heavy atom. The van der Waals surface area contributed by atoms with Crippen molar-refractivity contribution in [3.05, 3.63) is 40.4 Å². The van der Waals surface area contributed by atoms with Crippen molar-refractivity contribution < 1.29 is 9.59 Å². The predicted octanol–water partition coefficient (Wildman–Crippen LogP) is 2.35. The molecule has 2 atom stereocenters. The fourth-order valence-corrected chi connectivity index (χ4v) is 4.19. The zero-order valence-electron chi connectivity index (χ0n) is 15.5. The van der Waals surface area contributed by atoms with Gasteiger partial charge in [0.15, 0.2) is 5.78 Å². The molecule has 2 aliphatic carbocycles. The van der Waals surface area contributed by atoms with Crippen molar-refractivity contribution in [3.8, 4) is 0 Å². The minimum atomic E-state index is -0.253. The number of aromatic nitrogens is 2. The first-order valence-corrected chi connectivity index (χ1v) is 9.22. The average Bonchev–Trinajstić information content (AvgIpc) is 3.25. The highest BCUT2D eigenvalue weighted by Crippen LogP contribution is 2.46. The largest absolute Gasteiger partial charge is 0.353 e. The number of amides is 1. The Balaban J connectivity index is 1.50. The van der Waals surface area contributed by atoms with Crippen molar-refractivity contribution in [2.75, 3.05) is 18.0 Å². The van der Waals surface area contributed by atoms with Crippen LogP contribution in [0, 0.1) is 12.8 Å². The standard InChI is InChI=1S/C20H24N4O2/c1-11-6-12(2)15(17(25)7-11)9-21-20(26)18-13(3)19(23-10-22-18)24-5-4-14-8-16(14)24/h6,10,14,16H,4-5,7-9H2,1-3H3,(H,21,26)/t14-,16+/m0/s1. The van der Waals surface area contributed by atoms with Crippen LogP contribution in [-0.2, 0) is 4.79 Å². The maximum atomic E-state index is 12.7. The van der Waals surface area contributed by atoms with Crippen molar-refractivity contribution in [3.63, 3.8) is 0 Å². The summed E-state index contributed by atoms with van der Waals surface area (Å²) >= 11 is 0. The van der Waals surface area contributed by atoms with E-state index in [0.29, 0.717) is 23.7 Å². The van der Waals surface area contributed by atoms with Gasteiger partial charge in [-0.3, -0.25) is 9.59 Å². The number of nitrogens with zero attached hydrogens (tertiary/aromatic N) is 3. The molecular formula is C20H24N4O2. The van der Waals surface area contributed by atoms with E-state index in [1.165, 1.54) is 19.2 Å². The van der Waals surface area contributed by atoms with Gasteiger partial charge >= 0.3 is 0 Å². The van der Waals surface area contributed by atoms with Gasteiger partial charge in [-0.2, -0.15) is 0 Å². The third-order valence-corrected chi connectivity index (χ3v) is 5.71. The summed E-state index contributed by atoms with van der Waals surface area (Å²) in [7, 11) is 0. The Kier molecular flexibility index (Phi) is 4.13. The molecule has 3 aliphatic rings. The summed E-state index contributed by atoms with van der Waals surface area (Å²) in [4.78, 5) is 35.8. The predicted molar refractivity (Wildman–Crippen MR) is 99.0 cm³/mol. The van der Waals surface area contributed by atoms with Gasteiger partial charge in [0, 0.05) is 36.7 Å². The van der Waals surface area contributed by atoms with Crippen LogP contribution in [0.15, 0.2) is 29.1 Å². The quantitative estimate of drug-likeness (QED) is 0.900. The van der Waals surface area contributed by atoms with Crippen molar-refractivity contribution in [2.45, 2.75) is 46.1 Å².